The van der Waals surface area contributed by atoms with Crippen molar-refractivity contribution < 1.29 is 9.50 Å². The summed E-state index contributed by atoms with van der Waals surface area (Å²) in [5.41, 5.74) is 0.648. The van der Waals surface area contributed by atoms with E-state index in [1.807, 2.05) is 0 Å². The van der Waals surface area contributed by atoms with Crippen molar-refractivity contribution in [1.82, 2.24) is 10.2 Å². The van der Waals surface area contributed by atoms with Crippen LogP contribution in [0.3, 0.4) is 0 Å². The maximum absolute atomic E-state index is 13.6. The fraction of sp³-hybridized carbons (Fsp3) is 0.571. The third-order valence-corrected chi connectivity index (χ3v) is 4.28. The van der Waals surface area contributed by atoms with Gasteiger partial charge in [-0.15, -0.1) is 24.8 Å². The number of rotatable bonds is 3. The average molecular weight is 358 g/mol. The first-order valence-corrected chi connectivity index (χ1v) is 7.17. The number of hydrogen-bond donors (Lipinski definition) is 2. The van der Waals surface area contributed by atoms with Crippen LogP contribution in [-0.4, -0.2) is 36.2 Å². The number of phenols is 1. The van der Waals surface area contributed by atoms with Gasteiger partial charge in [0.2, 0.25) is 0 Å². The summed E-state index contributed by atoms with van der Waals surface area (Å²) >= 11 is 5.91. The number of phenolic OH excluding ortho intramolecular Hbond substituents is 1. The van der Waals surface area contributed by atoms with Gasteiger partial charge in [-0.1, -0.05) is 11.6 Å². The molecule has 0 radical (unpaired) electrons. The van der Waals surface area contributed by atoms with Gasteiger partial charge in [0.05, 0.1) is 5.02 Å². The van der Waals surface area contributed by atoms with E-state index in [2.05, 4.69) is 10.2 Å². The van der Waals surface area contributed by atoms with E-state index >= 15 is 0 Å². The molecule has 1 aromatic rings. The molecule has 3 nitrogen and oxygen atoms in total. The van der Waals surface area contributed by atoms with Gasteiger partial charge in [0.15, 0.2) is 0 Å². The molecule has 3 rings (SSSR count). The molecule has 21 heavy (non-hydrogen) atoms. The topological polar surface area (TPSA) is 35.5 Å². The molecular formula is C14H20Cl3FN2O. The van der Waals surface area contributed by atoms with Gasteiger partial charge >= 0.3 is 0 Å². The summed E-state index contributed by atoms with van der Waals surface area (Å²) in [7, 11) is 0. The normalized spacial score (nSPS) is 20.3. The predicted octanol–water partition coefficient (Wildman–Crippen LogP) is 3.38. The molecule has 2 fully saturated rings. The van der Waals surface area contributed by atoms with E-state index in [0.29, 0.717) is 11.5 Å². The van der Waals surface area contributed by atoms with Crippen molar-refractivity contribution in [2.24, 2.45) is 5.92 Å². The van der Waals surface area contributed by atoms with Crippen LogP contribution in [0.2, 0.25) is 5.02 Å². The summed E-state index contributed by atoms with van der Waals surface area (Å²) in [6.07, 6.45) is 2.28. The largest absolute Gasteiger partial charge is 0.506 e. The van der Waals surface area contributed by atoms with Gasteiger partial charge in [-0.05, 0) is 30.9 Å². The first-order valence-electron chi connectivity index (χ1n) is 6.79. The summed E-state index contributed by atoms with van der Waals surface area (Å²) in [4.78, 5) is 2.33. The van der Waals surface area contributed by atoms with Gasteiger partial charge in [-0.25, -0.2) is 4.39 Å². The highest BCUT2D eigenvalue weighted by atomic mass is 35.5. The molecule has 1 aromatic carbocycles. The molecule has 1 atom stereocenters. The first kappa shape index (κ1) is 18.8. The van der Waals surface area contributed by atoms with Crippen molar-refractivity contribution in [3.8, 4) is 5.75 Å². The highest BCUT2D eigenvalue weighted by Gasteiger charge is 2.38. The van der Waals surface area contributed by atoms with Crippen LogP contribution in [0.15, 0.2) is 12.1 Å². The molecule has 120 valence electrons. The molecule has 2 N–H and O–H groups in total. The van der Waals surface area contributed by atoms with Crippen molar-refractivity contribution in [2.75, 3.05) is 26.2 Å². The summed E-state index contributed by atoms with van der Waals surface area (Å²) < 4.78 is 13.6. The van der Waals surface area contributed by atoms with E-state index < -0.39 is 0 Å². The van der Waals surface area contributed by atoms with E-state index in [9.17, 15) is 9.50 Å². The van der Waals surface area contributed by atoms with Crippen molar-refractivity contribution in [3.05, 3.63) is 28.5 Å². The van der Waals surface area contributed by atoms with E-state index in [4.69, 9.17) is 11.6 Å². The zero-order valence-corrected chi connectivity index (χ0v) is 13.9. The summed E-state index contributed by atoms with van der Waals surface area (Å²) in [5.74, 6) is 0.180. The minimum atomic E-state index is -0.376. The fourth-order valence-electron chi connectivity index (χ4n) is 2.93. The molecule has 2 aliphatic rings. The maximum atomic E-state index is 13.6. The number of piperazine rings is 1. The summed E-state index contributed by atoms with van der Waals surface area (Å²) in [6.45, 7) is 3.73. The lowest BCUT2D eigenvalue weighted by molar-refractivity contribution is 0.153. The molecule has 7 heteroatoms. The van der Waals surface area contributed by atoms with E-state index in [1.165, 1.54) is 12.1 Å². The van der Waals surface area contributed by atoms with Crippen LogP contribution < -0.4 is 5.32 Å². The SMILES string of the molecule is Cl.Cl.Oc1c(Cl)cc(F)cc1[C@@H](C1CC1)N1CCNCC1. The minimum absolute atomic E-state index is 0. The second-order valence-electron chi connectivity index (χ2n) is 5.39. The van der Waals surface area contributed by atoms with Crippen molar-refractivity contribution in [3.63, 3.8) is 0 Å². The number of benzene rings is 1. The third kappa shape index (κ3) is 4.14. The predicted molar refractivity (Wildman–Crippen MR) is 87.5 cm³/mol. The highest BCUT2D eigenvalue weighted by Crippen LogP contribution is 2.48. The molecule has 1 aliphatic carbocycles. The molecular weight excluding hydrogens is 338 g/mol. The minimum Gasteiger partial charge on any atom is -0.506 e. The monoisotopic (exact) mass is 356 g/mol. The number of nitrogens with one attached hydrogen (secondary N) is 1. The Morgan fingerprint density at radius 1 is 1.24 bits per heavy atom. The van der Waals surface area contributed by atoms with E-state index in [1.54, 1.807) is 0 Å². The molecule has 0 unspecified atom stereocenters. The van der Waals surface area contributed by atoms with Crippen LogP contribution in [0, 0.1) is 11.7 Å². The van der Waals surface area contributed by atoms with Crippen LogP contribution in [0.5, 0.6) is 5.75 Å². The van der Waals surface area contributed by atoms with Crippen LogP contribution in [0.25, 0.3) is 0 Å². The van der Waals surface area contributed by atoms with Crippen molar-refractivity contribution in [2.45, 2.75) is 18.9 Å². The highest BCUT2D eigenvalue weighted by molar-refractivity contribution is 6.32. The lowest BCUT2D eigenvalue weighted by Gasteiger charge is -2.35. The Kier molecular flexibility index (Phi) is 7.01. The van der Waals surface area contributed by atoms with Crippen LogP contribution >= 0.6 is 36.4 Å². The van der Waals surface area contributed by atoms with Crippen molar-refractivity contribution >= 4 is 36.4 Å². The molecule has 1 aliphatic heterocycles. The van der Waals surface area contributed by atoms with Gasteiger partial charge < -0.3 is 10.4 Å². The number of aromatic hydroxyl groups is 1. The van der Waals surface area contributed by atoms with Crippen LogP contribution in [0.1, 0.15) is 24.4 Å². The number of halogens is 4. The fourth-order valence-corrected chi connectivity index (χ4v) is 3.15. The average Bonchev–Trinajstić information content (AvgIpc) is 3.21. The van der Waals surface area contributed by atoms with E-state index in [0.717, 1.165) is 39.0 Å². The van der Waals surface area contributed by atoms with Gasteiger partial charge in [-0.2, -0.15) is 0 Å². The second kappa shape index (κ2) is 7.84. The molecule has 0 aromatic heterocycles. The smallest absolute Gasteiger partial charge is 0.139 e. The van der Waals surface area contributed by atoms with Gasteiger partial charge in [0.25, 0.3) is 0 Å². The molecule has 1 saturated carbocycles. The Hall–Kier alpha value is -0.260. The van der Waals surface area contributed by atoms with Gasteiger partial charge in [0, 0.05) is 37.8 Å². The number of nitrogens with zero attached hydrogens (tertiary/aromatic N) is 1. The zero-order chi connectivity index (χ0) is 13.4. The Morgan fingerprint density at radius 2 is 1.86 bits per heavy atom. The Bertz CT molecular complexity index is 480. The molecule has 0 amide bonds. The second-order valence-corrected chi connectivity index (χ2v) is 5.80. The Morgan fingerprint density at radius 3 is 2.43 bits per heavy atom. The Labute approximate surface area is 141 Å². The zero-order valence-electron chi connectivity index (χ0n) is 11.5. The summed E-state index contributed by atoms with van der Waals surface area (Å²) in [5, 5.41) is 13.6. The summed E-state index contributed by atoms with van der Waals surface area (Å²) in [6, 6.07) is 2.70. The lowest BCUT2D eigenvalue weighted by Crippen LogP contribution is -2.45. The molecule has 0 bridgehead atoms. The quantitative estimate of drug-likeness (QED) is 0.870. The standard InChI is InChI=1S/C14H18ClFN2O.2ClH/c15-12-8-10(16)7-11(14(12)19)13(9-1-2-9)18-5-3-17-4-6-18;;/h7-9,13,17,19H,1-6H2;2*1H/t13-;;/m1../s1. The number of hydrogen-bond acceptors (Lipinski definition) is 3. The molecule has 1 heterocycles. The first-order chi connectivity index (χ1) is 9.16. The van der Waals surface area contributed by atoms with Gasteiger partial charge in [0.1, 0.15) is 11.6 Å². The Balaban J connectivity index is 0.00000110. The van der Waals surface area contributed by atoms with Crippen LogP contribution in [-0.2, 0) is 0 Å². The lowest BCUT2D eigenvalue weighted by atomic mass is 9.98. The molecule has 1 saturated heterocycles. The van der Waals surface area contributed by atoms with E-state index in [-0.39, 0.29) is 47.4 Å². The third-order valence-electron chi connectivity index (χ3n) is 3.99. The van der Waals surface area contributed by atoms with Crippen molar-refractivity contribution in [1.29, 1.82) is 0 Å². The molecule has 0 spiro atoms. The maximum Gasteiger partial charge on any atom is 0.139 e. The van der Waals surface area contributed by atoms with Gasteiger partial charge in [-0.3, -0.25) is 4.90 Å². The van der Waals surface area contributed by atoms with Crippen LogP contribution in [0.4, 0.5) is 4.39 Å².